The number of fused-ring (bicyclic) bond motifs is 4. The standard InChI is InChI=1S/C15H8N2O2/c18-14-10-4-2-8-17-15(10)19-11-6-5-9-3-1-7-16-13(9)12(11)14/h1-8H. The van der Waals surface area contributed by atoms with E-state index in [1.165, 1.54) is 0 Å². The monoisotopic (exact) mass is 248 g/mol. The molecule has 4 heteroatoms. The average molecular weight is 248 g/mol. The second-order valence-corrected chi connectivity index (χ2v) is 4.30. The third kappa shape index (κ3) is 1.37. The van der Waals surface area contributed by atoms with E-state index in [9.17, 15) is 4.79 Å². The Labute approximate surface area is 107 Å². The molecule has 0 N–H and O–H groups in total. The molecule has 0 spiro atoms. The number of hydrogen-bond donors (Lipinski definition) is 0. The normalized spacial score (nSPS) is 11.4. The fourth-order valence-corrected chi connectivity index (χ4v) is 2.31. The summed E-state index contributed by atoms with van der Waals surface area (Å²) in [5.41, 5.74) is 1.45. The minimum Gasteiger partial charge on any atom is -0.437 e. The van der Waals surface area contributed by atoms with E-state index >= 15 is 0 Å². The van der Waals surface area contributed by atoms with E-state index in [1.54, 1.807) is 30.6 Å². The number of benzene rings is 1. The number of nitrogens with zero attached hydrogens (tertiary/aromatic N) is 2. The van der Waals surface area contributed by atoms with Gasteiger partial charge in [0.15, 0.2) is 0 Å². The van der Waals surface area contributed by atoms with Gasteiger partial charge in [0.1, 0.15) is 5.58 Å². The van der Waals surface area contributed by atoms with E-state index < -0.39 is 0 Å². The summed E-state index contributed by atoms with van der Waals surface area (Å²) in [4.78, 5) is 20.9. The number of aromatic nitrogens is 2. The van der Waals surface area contributed by atoms with Crippen LogP contribution in [0.3, 0.4) is 0 Å². The summed E-state index contributed by atoms with van der Waals surface area (Å²) in [5.74, 6) is 0. The van der Waals surface area contributed by atoms with Gasteiger partial charge in [0.25, 0.3) is 0 Å². The first kappa shape index (κ1) is 10.2. The molecule has 1 aromatic carbocycles. The topological polar surface area (TPSA) is 56.0 Å². The molecular weight excluding hydrogens is 240 g/mol. The van der Waals surface area contributed by atoms with Crippen molar-refractivity contribution in [1.82, 2.24) is 9.97 Å². The number of hydrogen-bond acceptors (Lipinski definition) is 4. The third-order valence-corrected chi connectivity index (χ3v) is 3.19. The Morgan fingerprint density at radius 3 is 2.74 bits per heavy atom. The Bertz CT molecular complexity index is 989. The quantitative estimate of drug-likeness (QED) is 0.354. The second-order valence-electron chi connectivity index (χ2n) is 4.30. The molecule has 0 aliphatic heterocycles. The first-order valence-corrected chi connectivity index (χ1v) is 5.90. The Morgan fingerprint density at radius 1 is 0.947 bits per heavy atom. The van der Waals surface area contributed by atoms with Crippen LogP contribution in [0.4, 0.5) is 0 Å². The van der Waals surface area contributed by atoms with E-state index in [0.29, 0.717) is 27.6 Å². The minimum absolute atomic E-state index is 0.0892. The average Bonchev–Trinajstić information content (AvgIpc) is 2.47. The van der Waals surface area contributed by atoms with Gasteiger partial charge in [-0.1, -0.05) is 6.07 Å². The molecule has 0 saturated carbocycles. The lowest BCUT2D eigenvalue weighted by Crippen LogP contribution is -2.04. The van der Waals surface area contributed by atoms with Gasteiger partial charge < -0.3 is 4.42 Å². The van der Waals surface area contributed by atoms with Crippen LogP contribution in [0.5, 0.6) is 0 Å². The van der Waals surface area contributed by atoms with Crippen LogP contribution in [0.1, 0.15) is 0 Å². The molecule has 4 nitrogen and oxygen atoms in total. The second kappa shape index (κ2) is 3.62. The summed E-state index contributed by atoms with van der Waals surface area (Å²) in [6, 6.07) is 10.9. The fourth-order valence-electron chi connectivity index (χ4n) is 2.31. The van der Waals surface area contributed by atoms with Gasteiger partial charge in [-0.15, -0.1) is 0 Å². The van der Waals surface area contributed by atoms with Gasteiger partial charge in [0.05, 0.1) is 16.3 Å². The maximum absolute atomic E-state index is 12.6. The van der Waals surface area contributed by atoms with E-state index in [-0.39, 0.29) is 5.43 Å². The van der Waals surface area contributed by atoms with Crippen LogP contribution in [-0.2, 0) is 0 Å². The molecule has 4 rings (SSSR count). The Morgan fingerprint density at radius 2 is 1.79 bits per heavy atom. The SMILES string of the molecule is O=c1c2cccnc2oc2ccc3cccnc3c12. The Hall–Kier alpha value is -2.75. The molecular formula is C15H8N2O2. The van der Waals surface area contributed by atoms with Crippen LogP contribution in [0.25, 0.3) is 33.0 Å². The van der Waals surface area contributed by atoms with Gasteiger partial charge in [0.2, 0.25) is 11.1 Å². The van der Waals surface area contributed by atoms with E-state index in [0.717, 1.165) is 5.39 Å². The van der Waals surface area contributed by atoms with Crippen molar-refractivity contribution < 1.29 is 4.42 Å². The molecule has 0 bridgehead atoms. The highest BCUT2D eigenvalue weighted by Crippen LogP contribution is 2.23. The molecule has 0 aliphatic carbocycles. The maximum atomic E-state index is 12.6. The maximum Gasteiger partial charge on any atom is 0.230 e. The fraction of sp³-hybridized carbons (Fsp3) is 0. The molecule has 3 aromatic heterocycles. The van der Waals surface area contributed by atoms with Crippen molar-refractivity contribution in [2.45, 2.75) is 0 Å². The van der Waals surface area contributed by atoms with Gasteiger partial charge in [-0.2, -0.15) is 0 Å². The van der Waals surface area contributed by atoms with Crippen LogP contribution >= 0.6 is 0 Å². The minimum atomic E-state index is -0.0892. The summed E-state index contributed by atoms with van der Waals surface area (Å²) in [7, 11) is 0. The van der Waals surface area contributed by atoms with Crippen molar-refractivity contribution in [3.8, 4) is 0 Å². The molecule has 90 valence electrons. The van der Waals surface area contributed by atoms with Crippen LogP contribution in [0.2, 0.25) is 0 Å². The lowest BCUT2D eigenvalue weighted by molar-refractivity contribution is 0.645. The molecule has 0 saturated heterocycles. The Kier molecular flexibility index (Phi) is 1.94. The van der Waals surface area contributed by atoms with Crippen LogP contribution < -0.4 is 5.43 Å². The molecule has 0 unspecified atom stereocenters. The first-order valence-electron chi connectivity index (χ1n) is 5.90. The molecule has 0 fully saturated rings. The molecule has 0 atom stereocenters. The highest BCUT2D eigenvalue weighted by atomic mass is 16.3. The van der Waals surface area contributed by atoms with Gasteiger partial charge in [-0.25, -0.2) is 4.98 Å². The Balaban J connectivity index is 2.37. The third-order valence-electron chi connectivity index (χ3n) is 3.19. The highest BCUT2D eigenvalue weighted by Gasteiger charge is 2.11. The zero-order valence-corrected chi connectivity index (χ0v) is 9.83. The van der Waals surface area contributed by atoms with Crippen molar-refractivity contribution in [2.24, 2.45) is 0 Å². The smallest absolute Gasteiger partial charge is 0.230 e. The van der Waals surface area contributed by atoms with Crippen molar-refractivity contribution in [2.75, 3.05) is 0 Å². The first-order chi connectivity index (χ1) is 9.34. The molecule has 0 aliphatic rings. The van der Waals surface area contributed by atoms with E-state index in [4.69, 9.17) is 4.42 Å². The summed E-state index contributed by atoms with van der Waals surface area (Å²) in [6.45, 7) is 0. The number of pyridine rings is 2. The summed E-state index contributed by atoms with van der Waals surface area (Å²) >= 11 is 0. The predicted octanol–water partition coefficient (Wildman–Crippen LogP) is 2.89. The van der Waals surface area contributed by atoms with Crippen LogP contribution in [0, 0.1) is 0 Å². The van der Waals surface area contributed by atoms with E-state index in [2.05, 4.69) is 9.97 Å². The lowest BCUT2D eigenvalue weighted by atomic mass is 10.1. The van der Waals surface area contributed by atoms with Crippen LogP contribution in [-0.4, -0.2) is 9.97 Å². The molecule has 0 amide bonds. The van der Waals surface area contributed by atoms with Gasteiger partial charge in [-0.05, 0) is 30.3 Å². The molecule has 19 heavy (non-hydrogen) atoms. The van der Waals surface area contributed by atoms with Gasteiger partial charge >= 0.3 is 0 Å². The van der Waals surface area contributed by atoms with Crippen molar-refractivity contribution in [3.05, 3.63) is 59.0 Å². The highest BCUT2D eigenvalue weighted by molar-refractivity contribution is 6.05. The summed E-state index contributed by atoms with van der Waals surface area (Å²) in [6.07, 6.45) is 3.28. The van der Waals surface area contributed by atoms with Crippen molar-refractivity contribution in [1.29, 1.82) is 0 Å². The van der Waals surface area contributed by atoms with Gasteiger partial charge in [-0.3, -0.25) is 9.78 Å². The zero-order chi connectivity index (χ0) is 12.8. The van der Waals surface area contributed by atoms with Crippen LogP contribution in [0.15, 0.2) is 58.0 Å². The molecule has 4 aromatic rings. The van der Waals surface area contributed by atoms with Crippen molar-refractivity contribution in [3.63, 3.8) is 0 Å². The predicted molar refractivity (Wildman–Crippen MR) is 73.1 cm³/mol. The molecule has 3 heterocycles. The summed E-state index contributed by atoms with van der Waals surface area (Å²) in [5, 5.41) is 1.91. The molecule has 0 radical (unpaired) electrons. The van der Waals surface area contributed by atoms with E-state index in [1.807, 2.05) is 18.2 Å². The number of rotatable bonds is 0. The largest absolute Gasteiger partial charge is 0.437 e. The van der Waals surface area contributed by atoms with Gasteiger partial charge in [0, 0.05) is 17.8 Å². The van der Waals surface area contributed by atoms with Crippen molar-refractivity contribution >= 4 is 33.0 Å². The zero-order valence-electron chi connectivity index (χ0n) is 9.83. The summed E-state index contributed by atoms with van der Waals surface area (Å²) < 4.78 is 5.68. The lowest BCUT2D eigenvalue weighted by Gasteiger charge is -2.03.